The Labute approximate surface area is 111 Å². The number of aliphatic hydroxyl groups excluding tert-OH is 1. The molecule has 0 saturated carbocycles. The van der Waals surface area contributed by atoms with Crippen LogP contribution in [-0.4, -0.2) is 47.8 Å². The van der Waals surface area contributed by atoms with E-state index in [2.05, 4.69) is 10.1 Å². The molecule has 0 heterocycles. The summed E-state index contributed by atoms with van der Waals surface area (Å²) in [7, 11) is 1.24. The molecule has 7 nitrogen and oxygen atoms in total. The fourth-order valence-corrected chi connectivity index (χ4v) is 1.66. The lowest BCUT2D eigenvalue weighted by Gasteiger charge is -2.18. The summed E-state index contributed by atoms with van der Waals surface area (Å²) in [5.41, 5.74) is 0. The van der Waals surface area contributed by atoms with Gasteiger partial charge in [0.2, 0.25) is 5.91 Å². The number of carboxylic acid groups (broad SMARTS) is 1. The third-order valence-electron chi connectivity index (χ3n) is 2.54. The van der Waals surface area contributed by atoms with Crippen molar-refractivity contribution in [1.82, 2.24) is 5.32 Å². The summed E-state index contributed by atoms with van der Waals surface area (Å²) < 4.78 is 4.61. The van der Waals surface area contributed by atoms with Gasteiger partial charge in [0.25, 0.3) is 0 Å². The molecule has 7 heteroatoms. The first-order valence-electron chi connectivity index (χ1n) is 6.02. The van der Waals surface area contributed by atoms with Gasteiger partial charge in [-0.1, -0.05) is 13.8 Å². The Kier molecular flexibility index (Phi) is 7.74. The van der Waals surface area contributed by atoms with Crippen molar-refractivity contribution in [1.29, 1.82) is 0 Å². The molecule has 0 spiro atoms. The summed E-state index contributed by atoms with van der Waals surface area (Å²) in [6.45, 7) is 3.11. The van der Waals surface area contributed by atoms with E-state index in [4.69, 9.17) is 10.2 Å². The number of carbonyl (C=O) groups excluding carboxylic acids is 2. The Hall–Kier alpha value is -1.63. The van der Waals surface area contributed by atoms with Crippen molar-refractivity contribution in [2.24, 2.45) is 11.8 Å². The number of amides is 1. The van der Waals surface area contributed by atoms with Crippen molar-refractivity contribution in [3.05, 3.63) is 0 Å². The van der Waals surface area contributed by atoms with Crippen molar-refractivity contribution >= 4 is 17.8 Å². The molecule has 0 aromatic carbocycles. The predicted octanol–water partition coefficient (Wildman–Crippen LogP) is -0.226. The number of ether oxygens (including phenoxy) is 1. The van der Waals surface area contributed by atoms with Gasteiger partial charge in [0.15, 0.2) is 0 Å². The summed E-state index contributed by atoms with van der Waals surface area (Å²) in [6.07, 6.45) is 0.311. The van der Waals surface area contributed by atoms with Crippen LogP contribution < -0.4 is 5.32 Å². The van der Waals surface area contributed by atoms with E-state index >= 15 is 0 Å². The van der Waals surface area contributed by atoms with Crippen molar-refractivity contribution in [3.8, 4) is 0 Å². The van der Waals surface area contributed by atoms with E-state index in [-0.39, 0.29) is 12.3 Å². The number of aliphatic carboxylic acids is 1. The second-order valence-electron chi connectivity index (χ2n) is 4.69. The Morgan fingerprint density at radius 2 is 1.84 bits per heavy atom. The Bertz CT molecular complexity index is 328. The lowest BCUT2D eigenvalue weighted by atomic mass is 9.94. The maximum atomic E-state index is 11.6. The molecule has 0 radical (unpaired) electrons. The third-order valence-corrected chi connectivity index (χ3v) is 2.54. The molecule has 0 aromatic heterocycles. The van der Waals surface area contributed by atoms with Crippen LogP contribution in [0.5, 0.6) is 0 Å². The quantitative estimate of drug-likeness (QED) is 0.527. The predicted molar refractivity (Wildman–Crippen MR) is 66.2 cm³/mol. The van der Waals surface area contributed by atoms with E-state index in [0.717, 1.165) is 0 Å². The van der Waals surface area contributed by atoms with Gasteiger partial charge in [-0.15, -0.1) is 0 Å². The average molecular weight is 275 g/mol. The first-order valence-corrected chi connectivity index (χ1v) is 6.02. The first kappa shape index (κ1) is 17.4. The van der Waals surface area contributed by atoms with E-state index in [9.17, 15) is 14.4 Å². The Balaban J connectivity index is 4.53. The van der Waals surface area contributed by atoms with Crippen LogP contribution >= 0.6 is 0 Å². The number of hydrogen-bond donors (Lipinski definition) is 3. The van der Waals surface area contributed by atoms with Gasteiger partial charge in [-0.05, 0) is 12.3 Å². The van der Waals surface area contributed by atoms with Gasteiger partial charge in [0.05, 0.1) is 19.6 Å². The van der Waals surface area contributed by atoms with E-state index < -0.39 is 36.4 Å². The SMILES string of the molecule is COC(=O)[C@H](CC(=O)N[C@H](CO)C(=O)O)CC(C)C. The second-order valence-corrected chi connectivity index (χ2v) is 4.69. The van der Waals surface area contributed by atoms with Gasteiger partial charge >= 0.3 is 11.9 Å². The van der Waals surface area contributed by atoms with Gasteiger partial charge in [-0.2, -0.15) is 0 Å². The second kappa shape index (κ2) is 8.47. The van der Waals surface area contributed by atoms with Crippen molar-refractivity contribution in [3.63, 3.8) is 0 Å². The zero-order chi connectivity index (χ0) is 15.0. The van der Waals surface area contributed by atoms with Crippen molar-refractivity contribution < 1.29 is 29.3 Å². The van der Waals surface area contributed by atoms with E-state index in [1.54, 1.807) is 0 Å². The van der Waals surface area contributed by atoms with Crippen LogP contribution in [0.15, 0.2) is 0 Å². The minimum atomic E-state index is -1.36. The highest BCUT2D eigenvalue weighted by atomic mass is 16.5. The van der Waals surface area contributed by atoms with Gasteiger partial charge in [-0.25, -0.2) is 4.79 Å². The number of hydrogen-bond acceptors (Lipinski definition) is 5. The Morgan fingerprint density at radius 3 is 2.21 bits per heavy atom. The van der Waals surface area contributed by atoms with Crippen LogP contribution in [0, 0.1) is 11.8 Å². The van der Waals surface area contributed by atoms with E-state index in [0.29, 0.717) is 6.42 Å². The summed E-state index contributed by atoms with van der Waals surface area (Å²) in [5.74, 6) is -2.84. The standard InChI is InChI=1S/C12H21NO6/c1-7(2)4-8(12(18)19-3)5-10(15)13-9(6-14)11(16)17/h7-9,14H,4-6H2,1-3H3,(H,13,15)(H,16,17)/t8-,9+/m0/s1. The highest BCUT2D eigenvalue weighted by Crippen LogP contribution is 2.17. The number of esters is 1. The minimum absolute atomic E-state index is 0.158. The van der Waals surface area contributed by atoms with Crippen LogP contribution in [0.2, 0.25) is 0 Å². The van der Waals surface area contributed by atoms with Crippen LogP contribution in [0.25, 0.3) is 0 Å². The highest BCUT2D eigenvalue weighted by Gasteiger charge is 2.26. The molecule has 19 heavy (non-hydrogen) atoms. The molecule has 3 N–H and O–H groups in total. The fourth-order valence-electron chi connectivity index (χ4n) is 1.66. The largest absolute Gasteiger partial charge is 0.480 e. The number of carboxylic acids is 1. The lowest BCUT2D eigenvalue weighted by Crippen LogP contribution is -2.44. The Morgan fingerprint density at radius 1 is 1.26 bits per heavy atom. The van der Waals surface area contributed by atoms with Gasteiger partial charge < -0.3 is 20.3 Å². The summed E-state index contributed by atoms with van der Waals surface area (Å²) in [6, 6.07) is -1.36. The number of methoxy groups -OCH3 is 1. The topological polar surface area (TPSA) is 113 Å². The van der Waals surface area contributed by atoms with Crippen molar-refractivity contribution in [2.45, 2.75) is 32.7 Å². The molecule has 0 rings (SSSR count). The molecule has 0 fully saturated rings. The maximum absolute atomic E-state index is 11.6. The van der Waals surface area contributed by atoms with Crippen LogP contribution in [0.3, 0.4) is 0 Å². The molecule has 1 amide bonds. The number of rotatable bonds is 8. The summed E-state index contributed by atoms with van der Waals surface area (Å²) in [4.78, 5) is 33.8. The zero-order valence-electron chi connectivity index (χ0n) is 11.4. The van der Waals surface area contributed by atoms with Crippen LogP contribution in [0.4, 0.5) is 0 Å². The van der Waals surface area contributed by atoms with Gasteiger partial charge in [0, 0.05) is 6.42 Å². The monoisotopic (exact) mass is 275 g/mol. The van der Waals surface area contributed by atoms with Gasteiger partial charge in [-0.3, -0.25) is 9.59 Å². The molecule has 2 atom stereocenters. The molecule has 0 aliphatic rings. The molecule has 0 aliphatic heterocycles. The number of aliphatic hydroxyl groups is 1. The highest BCUT2D eigenvalue weighted by molar-refractivity contribution is 5.86. The average Bonchev–Trinajstić information content (AvgIpc) is 2.33. The summed E-state index contributed by atoms with van der Waals surface area (Å²) >= 11 is 0. The minimum Gasteiger partial charge on any atom is -0.480 e. The maximum Gasteiger partial charge on any atom is 0.328 e. The van der Waals surface area contributed by atoms with E-state index in [1.807, 2.05) is 13.8 Å². The molecule has 0 aromatic rings. The fraction of sp³-hybridized carbons (Fsp3) is 0.750. The zero-order valence-corrected chi connectivity index (χ0v) is 11.4. The molecule has 110 valence electrons. The molecule has 0 unspecified atom stereocenters. The van der Waals surface area contributed by atoms with Crippen molar-refractivity contribution in [2.75, 3.05) is 13.7 Å². The smallest absolute Gasteiger partial charge is 0.328 e. The van der Waals surface area contributed by atoms with Gasteiger partial charge in [0.1, 0.15) is 6.04 Å². The molecular weight excluding hydrogens is 254 g/mol. The van der Waals surface area contributed by atoms with E-state index in [1.165, 1.54) is 7.11 Å². The molecule has 0 saturated heterocycles. The number of nitrogens with one attached hydrogen (secondary N) is 1. The summed E-state index contributed by atoms with van der Waals surface area (Å²) in [5, 5.41) is 19.6. The van der Waals surface area contributed by atoms with Crippen LogP contribution in [-0.2, 0) is 19.1 Å². The number of carbonyl (C=O) groups is 3. The third kappa shape index (κ3) is 6.76. The molecule has 0 aliphatic carbocycles. The lowest BCUT2D eigenvalue weighted by molar-refractivity contribution is -0.148. The first-order chi connectivity index (χ1) is 8.81. The molecular formula is C12H21NO6. The van der Waals surface area contributed by atoms with Crippen LogP contribution in [0.1, 0.15) is 26.7 Å². The normalized spacial score (nSPS) is 13.7. The molecule has 0 bridgehead atoms.